The summed E-state index contributed by atoms with van der Waals surface area (Å²) in [6.45, 7) is 6.97. The lowest BCUT2D eigenvalue weighted by molar-refractivity contribution is -0.132. The summed E-state index contributed by atoms with van der Waals surface area (Å²) in [6.07, 6.45) is 10.8. The van der Waals surface area contributed by atoms with Crippen LogP contribution < -0.4 is 10.2 Å². The first kappa shape index (κ1) is 22.0. The number of rotatable bonds is 6. The second-order valence-corrected chi connectivity index (χ2v) is 9.86. The molecule has 3 heterocycles. The van der Waals surface area contributed by atoms with E-state index in [1.165, 1.54) is 32.1 Å². The minimum absolute atomic E-state index is 0.0225. The molecule has 3 fully saturated rings. The van der Waals surface area contributed by atoms with Crippen LogP contribution in [0.1, 0.15) is 76.8 Å². The monoisotopic (exact) mass is 427 g/mol. The Kier molecular flexibility index (Phi) is 7.08. The van der Waals surface area contributed by atoms with Gasteiger partial charge in [0.25, 0.3) is 0 Å². The lowest BCUT2D eigenvalue weighted by atomic mass is 9.87. The van der Waals surface area contributed by atoms with Crippen molar-refractivity contribution in [2.75, 3.05) is 31.1 Å². The normalized spacial score (nSPS) is 24.7. The van der Waals surface area contributed by atoms with Crippen LogP contribution in [0.3, 0.4) is 0 Å². The highest BCUT2D eigenvalue weighted by molar-refractivity contribution is 5.83. The topological polar surface area (TPSA) is 78.4 Å². The third-order valence-electron chi connectivity index (χ3n) is 7.06. The summed E-state index contributed by atoms with van der Waals surface area (Å²) >= 11 is 0. The smallest absolute Gasteiger partial charge is 0.225 e. The number of carbonyl (C=O) groups is 2. The Morgan fingerprint density at radius 3 is 2.55 bits per heavy atom. The summed E-state index contributed by atoms with van der Waals surface area (Å²) in [6, 6.07) is 2.00. The summed E-state index contributed by atoms with van der Waals surface area (Å²) in [5.74, 6) is 1.13. The van der Waals surface area contributed by atoms with Crippen molar-refractivity contribution in [1.29, 1.82) is 0 Å². The Morgan fingerprint density at radius 1 is 1.10 bits per heavy atom. The van der Waals surface area contributed by atoms with Gasteiger partial charge in [0.15, 0.2) is 0 Å². The first-order chi connectivity index (χ1) is 15.0. The molecule has 0 bridgehead atoms. The van der Waals surface area contributed by atoms with Crippen LogP contribution in [0.4, 0.5) is 5.95 Å². The fraction of sp³-hybridized carbons (Fsp3) is 0.750. The molecule has 7 nitrogen and oxygen atoms in total. The fourth-order valence-corrected chi connectivity index (χ4v) is 5.37. The molecule has 4 rings (SSSR count). The molecule has 1 aliphatic carbocycles. The van der Waals surface area contributed by atoms with Gasteiger partial charge < -0.3 is 15.1 Å². The van der Waals surface area contributed by atoms with E-state index in [1.54, 1.807) is 6.20 Å². The minimum atomic E-state index is -0.265. The predicted octanol–water partition coefficient (Wildman–Crippen LogP) is 3.11. The number of amides is 2. The van der Waals surface area contributed by atoms with Crippen molar-refractivity contribution in [1.82, 2.24) is 20.2 Å². The van der Waals surface area contributed by atoms with E-state index in [2.05, 4.69) is 15.2 Å². The zero-order chi connectivity index (χ0) is 21.8. The summed E-state index contributed by atoms with van der Waals surface area (Å²) in [5, 5.41) is 3.06. The molecule has 1 aromatic heterocycles. The van der Waals surface area contributed by atoms with Crippen LogP contribution in [-0.4, -0.2) is 58.9 Å². The summed E-state index contributed by atoms with van der Waals surface area (Å²) in [7, 11) is 0. The van der Waals surface area contributed by atoms with E-state index < -0.39 is 0 Å². The summed E-state index contributed by atoms with van der Waals surface area (Å²) in [4.78, 5) is 39.6. The van der Waals surface area contributed by atoms with E-state index in [0.717, 1.165) is 37.6 Å². The van der Waals surface area contributed by atoms with Crippen LogP contribution >= 0.6 is 0 Å². The Balaban J connectivity index is 1.51. The number of hydrogen-bond acceptors (Lipinski definition) is 5. The van der Waals surface area contributed by atoms with Crippen molar-refractivity contribution >= 4 is 17.8 Å². The van der Waals surface area contributed by atoms with Crippen molar-refractivity contribution in [3.8, 4) is 0 Å². The van der Waals surface area contributed by atoms with Gasteiger partial charge in [0.1, 0.15) is 0 Å². The molecule has 1 saturated carbocycles. The van der Waals surface area contributed by atoms with E-state index in [9.17, 15) is 9.59 Å². The fourth-order valence-electron chi connectivity index (χ4n) is 5.37. The van der Waals surface area contributed by atoms with Gasteiger partial charge in [-0.15, -0.1) is 0 Å². The number of aromatic nitrogens is 2. The molecular weight excluding hydrogens is 390 g/mol. The Labute approximate surface area is 186 Å². The molecular formula is C24H37N5O2. The maximum Gasteiger partial charge on any atom is 0.225 e. The highest BCUT2D eigenvalue weighted by Gasteiger charge is 2.41. The van der Waals surface area contributed by atoms with Gasteiger partial charge in [0, 0.05) is 50.8 Å². The standard InChI is InChI=1S/C24H37N5O2/c1-17(2)26-23(31)20-16-29(22(30)14-18-8-4-3-5-9-18)15-19(20)21-10-11-25-24(27-21)28-12-6-7-13-28/h10-11,17-20H,3-9,12-16H2,1-2H3,(H,26,31)/t19-,20-/m0/s1. The molecule has 1 N–H and O–H groups in total. The molecule has 0 radical (unpaired) electrons. The summed E-state index contributed by atoms with van der Waals surface area (Å²) < 4.78 is 0. The van der Waals surface area contributed by atoms with E-state index in [1.807, 2.05) is 24.8 Å². The van der Waals surface area contributed by atoms with Gasteiger partial charge in [-0.05, 0) is 51.5 Å². The van der Waals surface area contributed by atoms with Crippen LogP contribution in [0.15, 0.2) is 12.3 Å². The molecule has 7 heteroatoms. The average molecular weight is 428 g/mol. The second kappa shape index (κ2) is 9.96. The molecule has 3 aliphatic rings. The molecule has 0 unspecified atom stereocenters. The first-order valence-electron chi connectivity index (χ1n) is 12.2. The number of likely N-dealkylation sites (tertiary alicyclic amines) is 1. The minimum Gasteiger partial charge on any atom is -0.354 e. The summed E-state index contributed by atoms with van der Waals surface area (Å²) in [5.41, 5.74) is 0.883. The molecule has 2 saturated heterocycles. The third-order valence-corrected chi connectivity index (χ3v) is 7.06. The zero-order valence-corrected chi connectivity index (χ0v) is 19.1. The van der Waals surface area contributed by atoms with Crippen LogP contribution in [0.5, 0.6) is 0 Å². The van der Waals surface area contributed by atoms with Crippen LogP contribution in [0.25, 0.3) is 0 Å². The van der Waals surface area contributed by atoms with E-state index in [-0.39, 0.29) is 29.7 Å². The van der Waals surface area contributed by atoms with Crippen LogP contribution in [0.2, 0.25) is 0 Å². The Hall–Kier alpha value is -2.18. The highest BCUT2D eigenvalue weighted by Crippen LogP contribution is 2.35. The number of hydrogen-bond donors (Lipinski definition) is 1. The highest BCUT2D eigenvalue weighted by atomic mass is 16.2. The molecule has 2 atom stereocenters. The maximum absolute atomic E-state index is 13.1. The van der Waals surface area contributed by atoms with E-state index in [0.29, 0.717) is 25.4 Å². The van der Waals surface area contributed by atoms with E-state index in [4.69, 9.17) is 4.98 Å². The second-order valence-electron chi connectivity index (χ2n) is 9.86. The maximum atomic E-state index is 13.1. The van der Waals surface area contributed by atoms with Crippen LogP contribution in [0, 0.1) is 11.8 Å². The van der Waals surface area contributed by atoms with Crippen molar-refractivity contribution in [3.05, 3.63) is 18.0 Å². The molecule has 0 aromatic carbocycles. The SMILES string of the molecule is CC(C)NC(=O)[C@H]1CN(C(=O)CC2CCCCC2)C[C@@H]1c1ccnc(N2CCCC2)n1. The van der Waals surface area contributed by atoms with Gasteiger partial charge in [-0.1, -0.05) is 19.3 Å². The first-order valence-corrected chi connectivity index (χ1v) is 12.2. The average Bonchev–Trinajstić information content (AvgIpc) is 3.45. The van der Waals surface area contributed by atoms with Crippen molar-refractivity contribution in [2.45, 2.75) is 77.2 Å². The predicted molar refractivity (Wildman–Crippen MR) is 121 cm³/mol. The molecule has 2 amide bonds. The Morgan fingerprint density at radius 2 is 1.84 bits per heavy atom. The van der Waals surface area contributed by atoms with Gasteiger partial charge in [-0.3, -0.25) is 9.59 Å². The van der Waals surface area contributed by atoms with Gasteiger partial charge in [-0.2, -0.15) is 0 Å². The number of nitrogens with zero attached hydrogens (tertiary/aromatic N) is 4. The van der Waals surface area contributed by atoms with Crippen LogP contribution in [-0.2, 0) is 9.59 Å². The van der Waals surface area contributed by atoms with Gasteiger partial charge in [0.05, 0.1) is 11.6 Å². The lowest BCUT2D eigenvalue weighted by Crippen LogP contribution is -2.39. The van der Waals surface area contributed by atoms with Gasteiger partial charge in [-0.25, -0.2) is 9.97 Å². The number of anilines is 1. The Bertz CT molecular complexity index is 771. The number of nitrogens with one attached hydrogen (secondary N) is 1. The van der Waals surface area contributed by atoms with Gasteiger partial charge in [0.2, 0.25) is 17.8 Å². The molecule has 1 aromatic rings. The quantitative estimate of drug-likeness (QED) is 0.755. The van der Waals surface area contributed by atoms with E-state index >= 15 is 0 Å². The van der Waals surface area contributed by atoms with Crippen molar-refractivity contribution in [3.63, 3.8) is 0 Å². The van der Waals surface area contributed by atoms with Gasteiger partial charge >= 0.3 is 0 Å². The molecule has 0 spiro atoms. The zero-order valence-electron chi connectivity index (χ0n) is 19.1. The molecule has 170 valence electrons. The van der Waals surface area contributed by atoms with Crippen molar-refractivity contribution < 1.29 is 9.59 Å². The molecule has 31 heavy (non-hydrogen) atoms. The molecule has 2 aliphatic heterocycles. The number of carbonyl (C=O) groups excluding carboxylic acids is 2. The van der Waals surface area contributed by atoms with Crippen molar-refractivity contribution in [2.24, 2.45) is 11.8 Å². The lowest BCUT2D eigenvalue weighted by Gasteiger charge is -2.24. The largest absolute Gasteiger partial charge is 0.354 e. The third kappa shape index (κ3) is 5.36.